The molecule has 2 saturated heterocycles. The molecule has 0 saturated carbocycles. The maximum Gasteiger partial charge on any atom is 0.241 e. The third kappa shape index (κ3) is 4.74. The van der Waals surface area contributed by atoms with Crippen molar-refractivity contribution in [1.29, 1.82) is 0 Å². The highest BCUT2D eigenvalue weighted by Gasteiger charge is 2.35. The van der Waals surface area contributed by atoms with Gasteiger partial charge in [-0.2, -0.15) is 0 Å². The Labute approximate surface area is 178 Å². The minimum atomic E-state index is -2.87. The van der Waals surface area contributed by atoms with Crippen LogP contribution in [-0.4, -0.2) is 73.9 Å². The second kappa shape index (κ2) is 8.88. The summed E-state index contributed by atoms with van der Waals surface area (Å²) in [6.45, 7) is 5.09. The number of hydrogen-bond donors (Lipinski definition) is 1. The van der Waals surface area contributed by atoms with Gasteiger partial charge in [-0.1, -0.05) is 48.5 Å². The van der Waals surface area contributed by atoms with Crippen molar-refractivity contribution in [3.05, 3.63) is 54.6 Å². The molecule has 0 aliphatic carbocycles. The van der Waals surface area contributed by atoms with Crippen LogP contribution in [0.25, 0.3) is 11.1 Å². The summed E-state index contributed by atoms with van der Waals surface area (Å²) in [5.41, 5.74) is 2.89. The minimum Gasteiger partial charge on any atom is -0.324 e. The van der Waals surface area contributed by atoms with Crippen LogP contribution in [0.2, 0.25) is 0 Å². The first-order valence-corrected chi connectivity index (χ1v) is 12.4. The number of hydrogen-bond acceptors (Lipinski definition) is 5. The molecule has 0 bridgehead atoms. The van der Waals surface area contributed by atoms with Crippen LogP contribution in [0.4, 0.5) is 5.69 Å². The molecular formula is C23H29N3O3S. The van der Waals surface area contributed by atoms with E-state index in [2.05, 4.69) is 15.1 Å². The lowest BCUT2D eigenvalue weighted by molar-refractivity contribution is -0.121. The van der Waals surface area contributed by atoms with Gasteiger partial charge in [0.2, 0.25) is 5.91 Å². The summed E-state index contributed by atoms with van der Waals surface area (Å²) in [6.07, 6.45) is 0.731. The Balaban J connectivity index is 1.36. The number of benzene rings is 2. The van der Waals surface area contributed by atoms with E-state index in [1.807, 2.05) is 61.5 Å². The van der Waals surface area contributed by atoms with E-state index >= 15 is 0 Å². The number of sulfone groups is 1. The molecule has 6 nitrogen and oxygen atoms in total. The van der Waals surface area contributed by atoms with Crippen molar-refractivity contribution in [2.75, 3.05) is 43.0 Å². The number of nitrogens with one attached hydrogen (secondary N) is 1. The van der Waals surface area contributed by atoms with Crippen LogP contribution in [0.3, 0.4) is 0 Å². The Morgan fingerprint density at radius 3 is 2.33 bits per heavy atom. The lowest BCUT2D eigenvalue weighted by atomic mass is 10.0. The summed E-state index contributed by atoms with van der Waals surface area (Å²) in [5, 5.41) is 3.11. The molecule has 0 aromatic heterocycles. The van der Waals surface area contributed by atoms with Gasteiger partial charge in [-0.05, 0) is 25.0 Å². The Hall–Kier alpha value is -2.22. The molecule has 4 rings (SSSR count). The molecule has 0 radical (unpaired) electrons. The summed E-state index contributed by atoms with van der Waals surface area (Å²) in [7, 11) is -2.87. The molecule has 30 heavy (non-hydrogen) atoms. The SMILES string of the molecule is C[C@H](C(=O)Nc1ccccc1-c1ccccc1)N1CCN([C@H]2CCS(=O)(=O)C2)CC1. The Morgan fingerprint density at radius 1 is 1.00 bits per heavy atom. The maximum atomic E-state index is 13.0. The van der Waals surface area contributed by atoms with Gasteiger partial charge >= 0.3 is 0 Å². The van der Waals surface area contributed by atoms with Crippen molar-refractivity contribution >= 4 is 21.4 Å². The molecular weight excluding hydrogens is 398 g/mol. The van der Waals surface area contributed by atoms with Crippen LogP contribution in [0.5, 0.6) is 0 Å². The highest BCUT2D eigenvalue weighted by Crippen LogP contribution is 2.28. The molecule has 7 heteroatoms. The summed E-state index contributed by atoms with van der Waals surface area (Å²) in [4.78, 5) is 17.4. The molecule has 2 aliphatic rings. The molecule has 2 aromatic rings. The summed E-state index contributed by atoms with van der Waals surface area (Å²) in [6, 6.07) is 17.8. The van der Waals surface area contributed by atoms with Crippen molar-refractivity contribution in [3.8, 4) is 11.1 Å². The van der Waals surface area contributed by atoms with Gasteiger partial charge in [-0.15, -0.1) is 0 Å². The molecule has 160 valence electrons. The molecule has 2 fully saturated rings. The summed E-state index contributed by atoms with van der Waals surface area (Å²) in [5.74, 6) is 0.562. The van der Waals surface area contributed by atoms with Crippen LogP contribution in [-0.2, 0) is 14.6 Å². The highest BCUT2D eigenvalue weighted by atomic mass is 32.2. The first-order valence-electron chi connectivity index (χ1n) is 10.6. The van der Waals surface area contributed by atoms with Gasteiger partial charge in [0.05, 0.1) is 17.5 Å². The number of carbonyl (C=O) groups is 1. The summed E-state index contributed by atoms with van der Waals surface area (Å²) >= 11 is 0. The van der Waals surface area contributed by atoms with Crippen molar-refractivity contribution in [3.63, 3.8) is 0 Å². The van der Waals surface area contributed by atoms with Gasteiger partial charge in [0, 0.05) is 43.5 Å². The predicted octanol–water partition coefficient (Wildman–Crippen LogP) is 2.49. The number of piperazine rings is 1. The maximum absolute atomic E-state index is 13.0. The van der Waals surface area contributed by atoms with E-state index in [0.29, 0.717) is 5.75 Å². The first kappa shape index (κ1) is 21.0. The number of rotatable bonds is 5. The van der Waals surface area contributed by atoms with Gasteiger partial charge in [-0.25, -0.2) is 8.42 Å². The Bertz CT molecular complexity index is 986. The van der Waals surface area contributed by atoms with E-state index in [1.54, 1.807) is 0 Å². The molecule has 1 amide bonds. The molecule has 2 heterocycles. The van der Waals surface area contributed by atoms with Gasteiger partial charge in [0.1, 0.15) is 0 Å². The van der Waals surface area contributed by atoms with Crippen molar-refractivity contribution in [2.45, 2.75) is 25.4 Å². The number of nitrogens with zero attached hydrogens (tertiary/aromatic N) is 2. The predicted molar refractivity (Wildman–Crippen MR) is 120 cm³/mol. The average Bonchev–Trinajstić information content (AvgIpc) is 3.14. The van der Waals surface area contributed by atoms with Crippen molar-refractivity contribution < 1.29 is 13.2 Å². The zero-order chi connectivity index (χ0) is 21.1. The van der Waals surface area contributed by atoms with E-state index in [0.717, 1.165) is 49.4 Å². The van der Waals surface area contributed by atoms with Crippen molar-refractivity contribution in [1.82, 2.24) is 9.80 Å². The fourth-order valence-corrected chi connectivity index (χ4v) is 6.18. The van der Waals surface area contributed by atoms with E-state index in [1.165, 1.54) is 0 Å². The zero-order valence-electron chi connectivity index (χ0n) is 17.3. The van der Waals surface area contributed by atoms with E-state index in [-0.39, 0.29) is 23.7 Å². The lowest BCUT2D eigenvalue weighted by Gasteiger charge is -2.39. The number of carbonyl (C=O) groups excluding carboxylic acids is 1. The van der Waals surface area contributed by atoms with Crippen LogP contribution in [0, 0.1) is 0 Å². The van der Waals surface area contributed by atoms with Gasteiger partial charge in [0.25, 0.3) is 0 Å². The van der Waals surface area contributed by atoms with Gasteiger partial charge in [-0.3, -0.25) is 14.6 Å². The molecule has 2 atom stereocenters. The Morgan fingerprint density at radius 2 is 1.67 bits per heavy atom. The van der Waals surface area contributed by atoms with Crippen molar-refractivity contribution in [2.24, 2.45) is 0 Å². The van der Waals surface area contributed by atoms with Crippen LogP contribution in [0.15, 0.2) is 54.6 Å². The van der Waals surface area contributed by atoms with Crippen LogP contribution >= 0.6 is 0 Å². The second-order valence-corrected chi connectivity index (χ2v) is 10.4. The quantitative estimate of drug-likeness (QED) is 0.794. The fourth-order valence-electron chi connectivity index (χ4n) is 4.42. The normalized spacial score (nSPS) is 23.2. The number of para-hydroxylation sites is 1. The zero-order valence-corrected chi connectivity index (χ0v) is 18.1. The molecule has 2 aromatic carbocycles. The smallest absolute Gasteiger partial charge is 0.241 e. The minimum absolute atomic E-state index is 0.0183. The van der Waals surface area contributed by atoms with Crippen LogP contribution in [0.1, 0.15) is 13.3 Å². The van der Waals surface area contributed by atoms with E-state index in [9.17, 15) is 13.2 Å². The standard InChI is InChI=1S/C23H29N3O3S/c1-18(25-12-14-26(15-13-25)20-11-16-30(28,29)17-20)23(27)24-22-10-6-5-9-21(22)19-7-3-2-4-8-19/h2-10,18,20H,11-17H2,1H3,(H,24,27)/t18-,20+/m1/s1. The fraction of sp³-hybridized carbons (Fsp3) is 0.435. The number of anilines is 1. The highest BCUT2D eigenvalue weighted by molar-refractivity contribution is 7.91. The first-order chi connectivity index (χ1) is 14.4. The van der Waals surface area contributed by atoms with Crippen LogP contribution < -0.4 is 5.32 Å². The van der Waals surface area contributed by atoms with Gasteiger partial charge < -0.3 is 5.32 Å². The largest absolute Gasteiger partial charge is 0.324 e. The number of amides is 1. The van der Waals surface area contributed by atoms with E-state index in [4.69, 9.17) is 0 Å². The molecule has 1 N–H and O–H groups in total. The monoisotopic (exact) mass is 427 g/mol. The third-order valence-electron chi connectivity index (χ3n) is 6.27. The lowest BCUT2D eigenvalue weighted by Crippen LogP contribution is -2.55. The molecule has 0 spiro atoms. The Kier molecular flexibility index (Phi) is 6.22. The molecule has 2 aliphatic heterocycles. The third-order valence-corrected chi connectivity index (χ3v) is 8.02. The van der Waals surface area contributed by atoms with E-state index < -0.39 is 9.84 Å². The summed E-state index contributed by atoms with van der Waals surface area (Å²) < 4.78 is 23.5. The topological polar surface area (TPSA) is 69.7 Å². The van der Waals surface area contributed by atoms with Gasteiger partial charge in [0.15, 0.2) is 9.84 Å². The average molecular weight is 428 g/mol. The second-order valence-electron chi connectivity index (χ2n) is 8.21. The molecule has 0 unspecified atom stereocenters.